The normalized spacial score (nSPS) is 12.7. The average Bonchev–Trinajstić information content (AvgIpc) is 2.43. The molecule has 0 N–H and O–H groups in total. The van der Waals surface area contributed by atoms with Crippen molar-refractivity contribution in [2.75, 3.05) is 7.11 Å². The molecule has 0 aliphatic rings. The maximum absolute atomic E-state index is 11.3. The lowest BCUT2D eigenvalue weighted by Gasteiger charge is -2.23. The van der Waals surface area contributed by atoms with Crippen molar-refractivity contribution in [2.45, 2.75) is 103 Å². The van der Waals surface area contributed by atoms with Gasteiger partial charge in [0.25, 0.3) is 0 Å². The fourth-order valence-corrected chi connectivity index (χ4v) is 3.27. The summed E-state index contributed by atoms with van der Waals surface area (Å²) < 4.78 is 31.9. The van der Waals surface area contributed by atoms with Gasteiger partial charge in [0.2, 0.25) is 0 Å². The molecular weight excluding hydrogens is 300 g/mol. The Bertz CT molecular complexity index is 350. The Morgan fingerprint density at radius 2 is 1.18 bits per heavy atom. The second kappa shape index (κ2) is 12.3. The Kier molecular flexibility index (Phi) is 12.2. The second-order valence-electron chi connectivity index (χ2n) is 6.70. The van der Waals surface area contributed by atoms with Crippen LogP contribution in [0, 0.1) is 0 Å². The Morgan fingerprint density at radius 3 is 1.59 bits per heavy atom. The molecule has 0 bridgehead atoms. The van der Waals surface area contributed by atoms with E-state index in [-0.39, 0.29) is 0 Å². The summed E-state index contributed by atoms with van der Waals surface area (Å²) in [4.78, 5) is 0. The highest BCUT2D eigenvalue weighted by Gasteiger charge is 2.26. The number of hydrogen-bond acceptors (Lipinski definition) is 4. The maximum atomic E-state index is 11.3. The molecule has 0 atom stereocenters. The van der Waals surface area contributed by atoms with Gasteiger partial charge >= 0.3 is 10.4 Å². The predicted molar refractivity (Wildman–Crippen MR) is 92.2 cm³/mol. The summed E-state index contributed by atoms with van der Waals surface area (Å²) in [7, 11) is -2.72. The first-order valence-corrected chi connectivity index (χ1v) is 10.2. The van der Waals surface area contributed by atoms with Crippen LogP contribution < -0.4 is 0 Å². The third kappa shape index (κ3) is 13.5. The minimum absolute atomic E-state index is 0.686. The van der Waals surface area contributed by atoms with E-state index in [0.29, 0.717) is 0 Å². The van der Waals surface area contributed by atoms with Crippen LogP contribution in [0.5, 0.6) is 0 Å². The number of hydrogen-bond donors (Lipinski definition) is 0. The Hall–Kier alpha value is -0.130. The third-order valence-corrected chi connectivity index (χ3v) is 4.98. The zero-order chi connectivity index (χ0) is 16.9. The van der Waals surface area contributed by atoms with Crippen molar-refractivity contribution in [1.82, 2.24) is 0 Å². The lowest BCUT2D eigenvalue weighted by molar-refractivity contribution is 0.0820. The topological polar surface area (TPSA) is 52.6 Å². The van der Waals surface area contributed by atoms with Crippen molar-refractivity contribution < 1.29 is 16.8 Å². The van der Waals surface area contributed by atoms with Gasteiger partial charge in [0, 0.05) is 0 Å². The zero-order valence-corrected chi connectivity index (χ0v) is 15.8. The first kappa shape index (κ1) is 21.9. The summed E-state index contributed by atoms with van der Waals surface area (Å²) in [6.45, 7) is 5.83. The molecular formula is C17H36O4S. The summed E-state index contributed by atoms with van der Waals surface area (Å²) in [6, 6.07) is 0. The molecule has 5 heteroatoms. The molecule has 0 saturated heterocycles. The van der Waals surface area contributed by atoms with Crippen LogP contribution in [0.3, 0.4) is 0 Å². The lowest BCUT2D eigenvalue weighted by Crippen LogP contribution is -2.28. The highest BCUT2D eigenvalue weighted by atomic mass is 32.3. The fourth-order valence-electron chi connectivity index (χ4n) is 2.57. The van der Waals surface area contributed by atoms with Crippen LogP contribution in [0.15, 0.2) is 0 Å². The summed E-state index contributed by atoms with van der Waals surface area (Å²) in [6.07, 6.45) is 14.9. The SMILES string of the molecule is CCCCCCCCCCCCCC(C)(C)OS(=O)(=O)OC. The van der Waals surface area contributed by atoms with Gasteiger partial charge < -0.3 is 0 Å². The molecule has 0 fully saturated rings. The molecule has 0 heterocycles. The van der Waals surface area contributed by atoms with Gasteiger partial charge in [-0.3, -0.25) is 4.18 Å². The first-order chi connectivity index (χ1) is 10.3. The third-order valence-electron chi connectivity index (χ3n) is 3.91. The Labute approximate surface area is 138 Å². The van der Waals surface area contributed by atoms with Crippen LogP contribution in [-0.4, -0.2) is 21.1 Å². The molecule has 0 amide bonds. The zero-order valence-electron chi connectivity index (χ0n) is 15.0. The summed E-state index contributed by atoms with van der Waals surface area (Å²) in [5, 5.41) is 0. The largest absolute Gasteiger partial charge is 0.400 e. The molecule has 0 aromatic carbocycles. The molecule has 22 heavy (non-hydrogen) atoms. The number of rotatable bonds is 15. The van der Waals surface area contributed by atoms with E-state index in [1.54, 1.807) is 13.8 Å². The maximum Gasteiger partial charge on any atom is 0.400 e. The van der Waals surface area contributed by atoms with Gasteiger partial charge in [-0.1, -0.05) is 77.6 Å². The first-order valence-electron chi connectivity index (χ1n) is 8.84. The van der Waals surface area contributed by atoms with Crippen molar-refractivity contribution >= 4 is 10.4 Å². The minimum Gasteiger partial charge on any atom is -0.252 e. The van der Waals surface area contributed by atoms with E-state index in [4.69, 9.17) is 4.18 Å². The van der Waals surface area contributed by atoms with E-state index in [1.807, 2.05) is 0 Å². The van der Waals surface area contributed by atoms with E-state index < -0.39 is 16.0 Å². The van der Waals surface area contributed by atoms with Crippen molar-refractivity contribution in [3.8, 4) is 0 Å². The van der Waals surface area contributed by atoms with Crippen LogP contribution in [0.1, 0.15) is 97.8 Å². The van der Waals surface area contributed by atoms with Gasteiger partial charge in [-0.2, -0.15) is 8.42 Å². The van der Waals surface area contributed by atoms with Gasteiger partial charge in [-0.25, -0.2) is 4.18 Å². The van der Waals surface area contributed by atoms with E-state index in [1.165, 1.54) is 57.8 Å². The molecule has 0 aromatic rings. The smallest absolute Gasteiger partial charge is 0.252 e. The molecule has 0 aliphatic heterocycles. The van der Waals surface area contributed by atoms with E-state index in [9.17, 15) is 8.42 Å². The average molecular weight is 337 g/mol. The molecule has 0 radical (unpaired) electrons. The van der Waals surface area contributed by atoms with Gasteiger partial charge in [-0.15, -0.1) is 0 Å². The predicted octanol–water partition coefficient (Wildman–Crippen LogP) is 5.37. The van der Waals surface area contributed by atoms with Crippen LogP contribution in [0.2, 0.25) is 0 Å². The van der Waals surface area contributed by atoms with Crippen molar-refractivity contribution in [1.29, 1.82) is 0 Å². The van der Waals surface area contributed by atoms with Crippen molar-refractivity contribution in [2.24, 2.45) is 0 Å². The lowest BCUT2D eigenvalue weighted by atomic mass is 9.99. The monoisotopic (exact) mass is 336 g/mol. The van der Waals surface area contributed by atoms with Gasteiger partial charge in [0.15, 0.2) is 0 Å². The fraction of sp³-hybridized carbons (Fsp3) is 1.00. The number of unbranched alkanes of at least 4 members (excludes halogenated alkanes) is 10. The molecule has 134 valence electrons. The Morgan fingerprint density at radius 1 is 0.773 bits per heavy atom. The van der Waals surface area contributed by atoms with E-state index in [0.717, 1.165) is 26.4 Å². The summed E-state index contributed by atoms with van der Waals surface area (Å²) >= 11 is 0. The molecule has 0 unspecified atom stereocenters. The van der Waals surface area contributed by atoms with E-state index >= 15 is 0 Å². The summed E-state index contributed by atoms with van der Waals surface area (Å²) in [5.41, 5.74) is -0.686. The highest BCUT2D eigenvalue weighted by Crippen LogP contribution is 2.22. The standard InChI is InChI=1S/C17H36O4S/c1-5-6-7-8-9-10-11-12-13-14-15-16-17(2,3)21-22(18,19)20-4/h5-16H2,1-4H3. The van der Waals surface area contributed by atoms with Gasteiger partial charge in [0.05, 0.1) is 12.7 Å². The van der Waals surface area contributed by atoms with Crippen molar-refractivity contribution in [3.05, 3.63) is 0 Å². The minimum atomic E-state index is -3.84. The Balaban J connectivity index is 3.49. The van der Waals surface area contributed by atoms with Crippen LogP contribution in [0.4, 0.5) is 0 Å². The summed E-state index contributed by atoms with van der Waals surface area (Å²) in [5.74, 6) is 0. The quantitative estimate of drug-likeness (QED) is 0.377. The molecule has 0 aliphatic carbocycles. The second-order valence-corrected chi connectivity index (χ2v) is 8.02. The van der Waals surface area contributed by atoms with Gasteiger partial charge in [-0.05, 0) is 20.3 Å². The molecule has 0 saturated carbocycles. The van der Waals surface area contributed by atoms with Crippen LogP contribution >= 0.6 is 0 Å². The molecule has 4 nitrogen and oxygen atoms in total. The molecule has 0 aromatic heterocycles. The van der Waals surface area contributed by atoms with Crippen molar-refractivity contribution in [3.63, 3.8) is 0 Å². The van der Waals surface area contributed by atoms with E-state index in [2.05, 4.69) is 11.1 Å². The molecule has 0 rings (SSSR count). The van der Waals surface area contributed by atoms with Crippen LogP contribution in [0.25, 0.3) is 0 Å². The highest BCUT2D eigenvalue weighted by molar-refractivity contribution is 7.81. The van der Waals surface area contributed by atoms with Crippen LogP contribution in [-0.2, 0) is 18.8 Å². The molecule has 0 spiro atoms. The van der Waals surface area contributed by atoms with Gasteiger partial charge in [0.1, 0.15) is 0 Å².